The molecular weight excluding hydrogens is 262 g/mol. The molecule has 1 aromatic carbocycles. The van der Waals surface area contributed by atoms with E-state index in [4.69, 9.17) is 0 Å². The molecule has 3 rings (SSSR count). The highest BCUT2D eigenvalue weighted by molar-refractivity contribution is 7.91. The number of benzene rings is 1. The quantitative estimate of drug-likeness (QED) is 0.853. The summed E-state index contributed by atoms with van der Waals surface area (Å²) < 4.78 is 23.1. The van der Waals surface area contributed by atoms with Crippen LogP contribution in [0, 0.1) is 0 Å². The van der Waals surface area contributed by atoms with Gasteiger partial charge in [-0.05, 0) is 42.9 Å². The summed E-state index contributed by atoms with van der Waals surface area (Å²) in [5, 5.41) is 13.1. The number of anilines is 1. The first-order valence-corrected chi connectivity index (χ1v) is 8.63. The zero-order valence-corrected chi connectivity index (χ0v) is 11.6. The maximum absolute atomic E-state index is 11.5. The fraction of sp³-hybridized carbons (Fsp3) is 0.571. The summed E-state index contributed by atoms with van der Waals surface area (Å²) in [6, 6.07) is 5.75. The van der Waals surface area contributed by atoms with Gasteiger partial charge in [-0.3, -0.25) is 0 Å². The van der Waals surface area contributed by atoms with E-state index in [1.165, 1.54) is 24.0 Å². The molecule has 4 nitrogen and oxygen atoms in total. The maximum atomic E-state index is 11.5. The number of fused-ring (bicyclic) bond motifs is 1. The number of nitrogens with one attached hydrogen (secondary N) is 1. The highest BCUT2D eigenvalue weighted by Crippen LogP contribution is 2.29. The normalized spacial score (nSPS) is 28.9. The van der Waals surface area contributed by atoms with Crippen molar-refractivity contribution in [2.24, 2.45) is 0 Å². The van der Waals surface area contributed by atoms with E-state index in [0.717, 1.165) is 18.5 Å². The summed E-state index contributed by atoms with van der Waals surface area (Å²) in [4.78, 5) is 0. The molecule has 0 aromatic heterocycles. The van der Waals surface area contributed by atoms with Crippen LogP contribution >= 0.6 is 0 Å². The van der Waals surface area contributed by atoms with E-state index in [1.54, 1.807) is 0 Å². The summed E-state index contributed by atoms with van der Waals surface area (Å²) in [5.41, 5.74) is 3.65. The van der Waals surface area contributed by atoms with Gasteiger partial charge < -0.3 is 10.4 Å². The Kier molecular flexibility index (Phi) is 3.27. The molecule has 1 heterocycles. The van der Waals surface area contributed by atoms with Gasteiger partial charge in [-0.25, -0.2) is 8.42 Å². The van der Waals surface area contributed by atoms with Crippen molar-refractivity contribution in [3.8, 4) is 0 Å². The van der Waals surface area contributed by atoms with Crippen molar-refractivity contribution in [2.45, 2.75) is 37.8 Å². The zero-order chi connectivity index (χ0) is 13.5. The van der Waals surface area contributed by atoms with Gasteiger partial charge in [-0.1, -0.05) is 12.1 Å². The van der Waals surface area contributed by atoms with Crippen molar-refractivity contribution >= 4 is 15.5 Å². The summed E-state index contributed by atoms with van der Waals surface area (Å²) in [5.74, 6) is -0.0997. The number of sulfone groups is 1. The van der Waals surface area contributed by atoms with E-state index in [1.807, 2.05) is 12.1 Å². The highest BCUT2D eigenvalue weighted by Gasteiger charge is 2.36. The summed E-state index contributed by atoms with van der Waals surface area (Å²) >= 11 is 0. The van der Waals surface area contributed by atoms with E-state index < -0.39 is 15.9 Å². The first-order valence-electron chi connectivity index (χ1n) is 6.81. The summed E-state index contributed by atoms with van der Waals surface area (Å²) in [7, 11) is -3.10. The standard InChI is InChI=1S/C14H19NO3S/c16-14-9-19(17,18)8-13(14)15-12-7-3-5-10-4-1-2-6-11(10)12/h3,5,7,13-16H,1-2,4,6,8-9H2. The van der Waals surface area contributed by atoms with Gasteiger partial charge in [0.05, 0.1) is 23.7 Å². The molecule has 1 aliphatic carbocycles. The van der Waals surface area contributed by atoms with Crippen molar-refractivity contribution in [1.29, 1.82) is 0 Å². The Morgan fingerprint density at radius 1 is 1.16 bits per heavy atom. The van der Waals surface area contributed by atoms with Crippen LogP contribution < -0.4 is 5.32 Å². The smallest absolute Gasteiger partial charge is 0.155 e. The predicted molar refractivity (Wildman–Crippen MR) is 75.2 cm³/mol. The Bertz CT molecular complexity index is 582. The van der Waals surface area contributed by atoms with Crippen molar-refractivity contribution in [1.82, 2.24) is 0 Å². The fourth-order valence-corrected chi connectivity index (χ4v) is 4.82. The van der Waals surface area contributed by atoms with Gasteiger partial charge in [0, 0.05) is 5.69 Å². The second-order valence-electron chi connectivity index (χ2n) is 5.55. The molecule has 2 aliphatic rings. The van der Waals surface area contributed by atoms with Crippen molar-refractivity contribution < 1.29 is 13.5 Å². The number of hydrogen-bond donors (Lipinski definition) is 2. The van der Waals surface area contributed by atoms with E-state index in [0.29, 0.717) is 0 Å². The molecule has 2 unspecified atom stereocenters. The van der Waals surface area contributed by atoms with Crippen molar-refractivity contribution in [3.63, 3.8) is 0 Å². The fourth-order valence-electron chi connectivity index (χ4n) is 3.08. The number of aliphatic hydroxyl groups is 1. The molecule has 1 aromatic rings. The molecule has 2 N–H and O–H groups in total. The minimum atomic E-state index is -3.10. The number of rotatable bonds is 2. The lowest BCUT2D eigenvalue weighted by Gasteiger charge is -2.23. The molecule has 5 heteroatoms. The lowest BCUT2D eigenvalue weighted by molar-refractivity contribution is 0.190. The highest BCUT2D eigenvalue weighted by atomic mass is 32.2. The lowest BCUT2D eigenvalue weighted by atomic mass is 9.90. The molecule has 1 aliphatic heterocycles. The zero-order valence-electron chi connectivity index (χ0n) is 10.8. The van der Waals surface area contributed by atoms with Gasteiger partial charge >= 0.3 is 0 Å². The lowest BCUT2D eigenvalue weighted by Crippen LogP contribution is -2.32. The van der Waals surface area contributed by atoms with Gasteiger partial charge in [-0.15, -0.1) is 0 Å². The summed E-state index contributed by atoms with van der Waals surface area (Å²) in [6.45, 7) is 0. The largest absolute Gasteiger partial charge is 0.390 e. The van der Waals surface area contributed by atoms with E-state index in [2.05, 4.69) is 11.4 Å². The molecular formula is C14H19NO3S. The number of hydrogen-bond acceptors (Lipinski definition) is 4. The van der Waals surface area contributed by atoms with E-state index in [9.17, 15) is 13.5 Å². The third kappa shape index (κ3) is 2.62. The third-order valence-electron chi connectivity index (χ3n) is 4.06. The molecule has 0 saturated carbocycles. The SMILES string of the molecule is O=S1(=O)CC(O)C(Nc2cccc3c2CCCC3)C1. The summed E-state index contributed by atoms with van der Waals surface area (Å²) in [6.07, 6.45) is 3.72. The van der Waals surface area contributed by atoms with Gasteiger partial charge in [0.25, 0.3) is 0 Å². The molecule has 0 bridgehead atoms. The molecule has 104 valence electrons. The molecule has 0 radical (unpaired) electrons. The molecule has 1 fully saturated rings. The van der Waals surface area contributed by atoms with Crippen molar-refractivity contribution in [3.05, 3.63) is 29.3 Å². The molecule has 1 saturated heterocycles. The second-order valence-corrected chi connectivity index (χ2v) is 7.70. The van der Waals surface area contributed by atoms with Crippen LogP contribution in [-0.4, -0.2) is 37.2 Å². The molecule has 0 amide bonds. The van der Waals surface area contributed by atoms with Crippen LogP contribution in [0.15, 0.2) is 18.2 Å². The van der Waals surface area contributed by atoms with Gasteiger partial charge in [-0.2, -0.15) is 0 Å². The molecule has 2 atom stereocenters. The second kappa shape index (κ2) is 4.80. The maximum Gasteiger partial charge on any atom is 0.155 e. The Labute approximate surface area is 113 Å². The molecule has 19 heavy (non-hydrogen) atoms. The topological polar surface area (TPSA) is 66.4 Å². The van der Waals surface area contributed by atoms with Gasteiger partial charge in [0.15, 0.2) is 9.84 Å². The van der Waals surface area contributed by atoms with Crippen LogP contribution in [0.4, 0.5) is 5.69 Å². The first kappa shape index (κ1) is 12.9. The Morgan fingerprint density at radius 3 is 2.68 bits per heavy atom. The Balaban J connectivity index is 1.84. The number of aryl methyl sites for hydroxylation is 1. The number of aliphatic hydroxyl groups excluding tert-OH is 1. The van der Waals surface area contributed by atoms with Crippen LogP contribution in [0.3, 0.4) is 0 Å². The Morgan fingerprint density at radius 2 is 1.95 bits per heavy atom. The minimum absolute atomic E-state index is 0.0256. The van der Waals surface area contributed by atoms with Gasteiger partial charge in [0.1, 0.15) is 0 Å². The van der Waals surface area contributed by atoms with Crippen molar-refractivity contribution in [2.75, 3.05) is 16.8 Å². The van der Waals surface area contributed by atoms with Crippen LogP contribution in [0.2, 0.25) is 0 Å². The third-order valence-corrected chi connectivity index (χ3v) is 5.78. The average molecular weight is 281 g/mol. The van der Waals surface area contributed by atoms with Gasteiger partial charge in [0.2, 0.25) is 0 Å². The predicted octanol–water partition coefficient (Wildman–Crippen LogP) is 1.14. The monoisotopic (exact) mass is 281 g/mol. The van der Waals surface area contributed by atoms with E-state index in [-0.39, 0.29) is 17.5 Å². The van der Waals surface area contributed by atoms with Crippen LogP contribution in [0.1, 0.15) is 24.0 Å². The van der Waals surface area contributed by atoms with Crippen LogP contribution in [-0.2, 0) is 22.7 Å². The average Bonchev–Trinajstić information content (AvgIpc) is 2.63. The first-order chi connectivity index (χ1) is 9.05. The van der Waals surface area contributed by atoms with E-state index >= 15 is 0 Å². The van der Waals surface area contributed by atoms with Crippen LogP contribution in [0.5, 0.6) is 0 Å². The minimum Gasteiger partial charge on any atom is -0.390 e. The molecule has 0 spiro atoms. The van der Waals surface area contributed by atoms with Crippen LogP contribution in [0.25, 0.3) is 0 Å². The Hall–Kier alpha value is -1.07.